The van der Waals surface area contributed by atoms with E-state index in [1.807, 2.05) is 13.8 Å². The number of nitrogens with one attached hydrogen (secondary N) is 3. The van der Waals surface area contributed by atoms with Gasteiger partial charge >= 0.3 is 0 Å². The topological polar surface area (TPSA) is 95.0 Å². The van der Waals surface area contributed by atoms with Gasteiger partial charge in [0.05, 0.1) is 6.54 Å². The maximum atomic E-state index is 13.3. The van der Waals surface area contributed by atoms with Crippen molar-refractivity contribution in [3.05, 3.63) is 54.3 Å². The van der Waals surface area contributed by atoms with Gasteiger partial charge in [-0.15, -0.1) is 0 Å². The van der Waals surface area contributed by atoms with E-state index in [0.29, 0.717) is 36.9 Å². The van der Waals surface area contributed by atoms with Gasteiger partial charge in [0.2, 0.25) is 5.91 Å². The maximum Gasteiger partial charge on any atom is 0.246 e. The van der Waals surface area contributed by atoms with Crippen molar-refractivity contribution in [1.29, 1.82) is 0 Å². The number of nitrogens with zero attached hydrogens (tertiary/aromatic N) is 1. The molecule has 156 valence electrons. The van der Waals surface area contributed by atoms with E-state index in [-0.39, 0.29) is 30.1 Å². The minimum Gasteiger partial charge on any atom is -0.508 e. The van der Waals surface area contributed by atoms with Crippen molar-refractivity contribution >= 4 is 17.6 Å². The number of amides is 1. The number of rotatable bonds is 9. The van der Waals surface area contributed by atoms with Crippen LogP contribution in [0.5, 0.6) is 11.5 Å². The molecule has 8 heteroatoms. The molecule has 0 radical (unpaired) electrons. The van der Waals surface area contributed by atoms with Gasteiger partial charge in [-0.05, 0) is 49.7 Å². The summed E-state index contributed by atoms with van der Waals surface area (Å²) in [7, 11) is 0. The Morgan fingerprint density at radius 3 is 2.59 bits per heavy atom. The van der Waals surface area contributed by atoms with Gasteiger partial charge in [-0.3, -0.25) is 4.79 Å². The van der Waals surface area contributed by atoms with Gasteiger partial charge in [0, 0.05) is 18.3 Å². The third-order valence-corrected chi connectivity index (χ3v) is 3.93. The summed E-state index contributed by atoms with van der Waals surface area (Å²) in [6.45, 7) is 4.90. The van der Waals surface area contributed by atoms with Crippen LogP contribution in [-0.2, 0) is 4.79 Å². The molecule has 1 amide bonds. The smallest absolute Gasteiger partial charge is 0.246 e. The van der Waals surface area contributed by atoms with Gasteiger partial charge in [0.25, 0.3) is 0 Å². The summed E-state index contributed by atoms with van der Waals surface area (Å²) in [5.74, 6) is 0.449. The van der Waals surface area contributed by atoms with E-state index < -0.39 is 0 Å². The SMILES string of the molecule is CCNC(=NCC(=O)Nc1ccc(O)cc1)NCC(CC)Oc1cccc(F)c1. The molecule has 1 unspecified atom stereocenters. The van der Waals surface area contributed by atoms with E-state index in [4.69, 9.17) is 4.74 Å². The Morgan fingerprint density at radius 1 is 1.17 bits per heavy atom. The monoisotopic (exact) mass is 402 g/mol. The van der Waals surface area contributed by atoms with Crippen LogP contribution >= 0.6 is 0 Å². The summed E-state index contributed by atoms with van der Waals surface area (Å²) in [5.41, 5.74) is 0.579. The minimum atomic E-state index is -0.347. The average molecular weight is 402 g/mol. The first-order chi connectivity index (χ1) is 14.0. The molecule has 0 aromatic heterocycles. The van der Waals surface area contributed by atoms with Crippen LogP contribution in [0.15, 0.2) is 53.5 Å². The van der Waals surface area contributed by atoms with Crippen LogP contribution in [0, 0.1) is 5.82 Å². The zero-order valence-electron chi connectivity index (χ0n) is 16.6. The molecule has 2 rings (SSSR count). The Bertz CT molecular complexity index is 812. The summed E-state index contributed by atoms with van der Waals surface area (Å²) in [5, 5.41) is 18.2. The van der Waals surface area contributed by atoms with Crippen LogP contribution < -0.4 is 20.7 Å². The summed E-state index contributed by atoms with van der Waals surface area (Å²) >= 11 is 0. The number of guanidine groups is 1. The fourth-order valence-corrected chi connectivity index (χ4v) is 2.45. The molecule has 2 aromatic carbocycles. The Kier molecular flexibility index (Phi) is 8.75. The Balaban J connectivity index is 1.88. The first kappa shape index (κ1) is 22.0. The highest BCUT2D eigenvalue weighted by Gasteiger charge is 2.10. The lowest BCUT2D eigenvalue weighted by molar-refractivity contribution is -0.114. The van der Waals surface area contributed by atoms with E-state index in [2.05, 4.69) is 20.9 Å². The Morgan fingerprint density at radius 2 is 1.93 bits per heavy atom. The number of aliphatic imine (C=N–C) groups is 1. The van der Waals surface area contributed by atoms with Gasteiger partial charge < -0.3 is 25.8 Å². The predicted molar refractivity (Wildman–Crippen MR) is 112 cm³/mol. The van der Waals surface area contributed by atoms with Crippen LogP contribution in [-0.4, -0.2) is 42.7 Å². The molecule has 0 spiro atoms. The van der Waals surface area contributed by atoms with E-state index in [0.717, 1.165) is 0 Å². The molecular formula is C21H27FN4O3. The maximum absolute atomic E-state index is 13.3. The van der Waals surface area contributed by atoms with Crippen LogP contribution in [0.25, 0.3) is 0 Å². The quantitative estimate of drug-likeness (QED) is 0.294. The number of benzene rings is 2. The van der Waals surface area contributed by atoms with Gasteiger partial charge in [-0.2, -0.15) is 0 Å². The summed E-state index contributed by atoms with van der Waals surface area (Å²) in [6.07, 6.45) is 0.524. The third-order valence-electron chi connectivity index (χ3n) is 3.93. The molecule has 0 aliphatic carbocycles. The number of phenols is 1. The van der Waals surface area contributed by atoms with Crippen LogP contribution in [0.1, 0.15) is 20.3 Å². The number of ether oxygens (including phenoxy) is 1. The van der Waals surface area contributed by atoms with Crippen LogP contribution in [0.4, 0.5) is 10.1 Å². The second-order valence-corrected chi connectivity index (χ2v) is 6.28. The fourth-order valence-electron chi connectivity index (χ4n) is 2.45. The minimum absolute atomic E-state index is 0.0717. The van der Waals surface area contributed by atoms with Crippen molar-refractivity contribution in [3.8, 4) is 11.5 Å². The number of phenolic OH excluding ortho intramolecular Hbond substituents is 1. The lowest BCUT2D eigenvalue weighted by Gasteiger charge is -2.20. The van der Waals surface area contributed by atoms with Crippen molar-refractivity contribution in [2.45, 2.75) is 26.4 Å². The molecule has 0 aliphatic rings. The van der Waals surface area contributed by atoms with Gasteiger partial charge in [-0.25, -0.2) is 9.38 Å². The van der Waals surface area contributed by atoms with E-state index >= 15 is 0 Å². The predicted octanol–water partition coefficient (Wildman–Crippen LogP) is 2.88. The number of hydrogen-bond acceptors (Lipinski definition) is 4. The molecule has 29 heavy (non-hydrogen) atoms. The Hall–Kier alpha value is -3.29. The van der Waals surface area contributed by atoms with Gasteiger partial charge in [0.15, 0.2) is 5.96 Å². The molecule has 0 aliphatic heterocycles. The average Bonchev–Trinajstić information content (AvgIpc) is 2.70. The number of halogens is 1. The molecular weight excluding hydrogens is 375 g/mol. The highest BCUT2D eigenvalue weighted by molar-refractivity contribution is 5.94. The molecule has 0 heterocycles. The highest BCUT2D eigenvalue weighted by Crippen LogP contribution is 2.15. The number of carbonyl (C=O) groups is 1. The lowest BCUT2D eigenvalue weighted by Crippen LogP contribution is -2.42. The van der Waals surface area contributed by atoms with Crippen LogP contribution in [0.2, 0.25) is 0 Å². The number of hydrogen-bond donors (Lipinski definition) is 4. The van der Waals surface area contributed by atoms with E-state index in [1.165, 1.54) is 24.3 Å². The van der Waals surface area contributed by atoms with E-state index in [9.17, 15) is 14.3 Å². The number of aromatic hydroxyl groups is 1. The molecule has 1 atom stereocenters. The lowest BCUT2D eigenvalue weighted by atomic mass is 10.2. The van der Waals surface area contributed by atoms with E-state index in [1.54, 1.807) is 24.3 Å². The zero-order chi connectivity index (χ0) is 21.1. The molecule has 4 N–H and O–H groups in total. The second-order valence-electron chi connectivity index (χ2n) is 6.28. The summed E-state index contributed by atoms with van der Waals surface area (Å²) in [6, 6.07) is 12.2. The highest BCUT2D eigenvalue weighted by atomic mass is 19.1. The Labute approximate surface area is 170 Å². The fraction of sp³-hybridized carbons (Fsp3) is 0.333. The van der Waals surface area contributed by atoms with Gasteiger partial charge in [-0.1, -0.05) is 13.0 Å². The van der Waals surface area contributed by atoms with Crippen molar-refractivity contribution in [1.82, 2.24) is 10.6 Å². The van der Waals surface area contributed by atoms with Gasteiger partial charge in [0.1, 0.15) is 30.0 Å². The van der Waals surface area contributed by atoms with Crippen molar-refractivity contribution in [2.75, 3.05) is 25.0 Å². The standard InChI is InChI=1S/C21H27FN4O3/c1-3-18(29-19-7-5-6-15(22)12-19)13-24-21(23-4-2)25-14-20(28)26-16-8-10-17(27)11-9-16/h5-12,18,27H,3-4,13-14H2,1-2H3,(H,26,28)(H2,23,24,25). The zero-order valence-corrected chi connectivity index (χ0v) is 16.6. The molecule has 0 saturated heterocycles. The molecule has 0 bridgehead atoms. The number of carbonyl (C=O) groups excluding carboxylic acids is 1. The molecule has 2 aromatic rings. The first-order valence-electron chi connectivity index (χ1n) is 9.53. The van der Waals surface area contributed by atoms with Crippen molar-refractivity contribution in [3.63, 3.8) is 0 Å². The first-order valence-corrected chi connectivity index (χ1v) is 9.53. The number of anilines is 1. The molecule has 0 saturated carbocycles. The summed E-state index contributed by atoms with van der Waals surface area (Å²) in [4.78, 5) is 16.3. The van der Waals surface area contributed by atoms with Crippen LogP contribution in [0.3, 0.4) is 0 Å². The third kappa shape index (κ3) is 8.08. The largest absolute Gasteiger partial charge is 0.508 e. The van der Waals surface area contributed by atoms with Crippen molar-refractivity contribution in [2.24, 2.45) is 4.99 Å². The molecule has 0 fully saturated rings. The summed E-state index contributed by atoms with van der Waals surface area (Å²) < 4.78 is 19.1. The van der Waals surface area contributed by atoms with Crippen molar-refractivity contribution < 1.29 is 19.0 Å². The second kappa shape index (κ2) is 11.5. The normalized spacial score (nSPS) is 12.2. The molecule has 7 nitrogen and oxygen atoms in total.